The first kappa shape index (κ1) is 6.17. The van der Waals surface area contributed by atoms with E-state index in [-0.39, 0.29) is 7.55 Å². The molecular formula is C5H12P+. The molecule has 0 unspecified atom stereocenters. The van der Waals surface area contributed by atoms with Gasteiger partial charge < -0.3 is 0 Å². The lowest BCUT2D eigenvalue weighted by Gasteiger charge is -1.74. The Kier molecular flexibility index (Phi) is 2.43. The molecule has 0 saturated carbocycles. The molecule has 36 valence electrons. The molecule has 0 N–H and O–H groups in total. The maximum absolute atomic E-state index is 2.27. The lowest BCUT2D eigenvalue weighted by Crippen LogP contribution is -1.73. The van der Waals surface area contributed by atoms with Crippen molar-refractivity contribution >= 4 is 12.8 Å². The van der Waals surface area contributed by atoms with Gasteiger partial charge in [0.15, 0.2) is 0 Å². The summed E-state index contributed by atoms with van der Waals surface area (Å²) >= 11 is 0. The number of hydrogen-bond acceptors (Lipinski definition) is 0. The normalized spacial score (nSPS) is 8.00. The van der Waals surface area contributed by atoms with E-state index in [1.54, 1.807) is 5.29 Å². The first-order chi connectivity index (χ1) is 2.64. The first-order valence-electron chi connectivity index (χ1n) is 2.12. The molecule has 0 radical (unpaired) electrons. The Bertz CT molecular complexity index is 54.0. The molecule has 0 heterocycles. The second-order valence-electron chi connectivity index (χ2n) is 1.84. The Balaban J connectivity index is 3.68. The van der Waals surface area contributed by atoms with Gasteiger partial charge in [-0.3, -0.25) is 0 Å². The molecule has 0 rings (SSSR count). The molecule has 1 heteroatoms. The summed E-state index contributed by atoms with van der Waals surface area (Å²) in [7, 11) is 0.257. The molecule has 0 aliphatic rings. The molecule has 0 amide bonds. The summed E-state index contributed by atoms with van der Waals surface area (Å²) in [6.07, 6.45) is 0. The first-order valence-corrected chi connectivity index (χ1v) is 4.35. The summed E-state index contributed by atoms with van der Waals surface area (Å²) in [4.78, 5) is 0. The Hall–Kier alpha value is 0.170. The second kappa shape index (κ2) is 2.36. The highest BCUT2D eigenvalue weighted by Gasteiger charge is 1.89. The van der Waals surface area contributed by atoms with Crippen molar-refractivity contribution in [2.24, 2.45) is 0 Å². The summed E-state index contributed by atoms with van der Waals surface area (Å²) in [5, 5.41) is 1.57. The third kappa shape index (κ3) is 2.41. The van der Waals surface area contributed by atoms with Crippen LogP contribution in [0, 0.1) is 0 Å². The zero-order valence-electron chi connectivity index (χ0n) is 4.95. The third-order valence-corrected chi connectivity index (χ3v) is 2.68. The van der Waals surface area contributed by atoms with Gasteiger partial charge in [0.2, 0.25) is 0 Å². The molecule has 0 bridgehead atoms. The van der Waals surface area contributed by atoms with Gasteiger partial charge in [-0.05, 0) is 13.8 Å². The van der Waals surface area contributed by atoms with E-state index in [1.165, 1.54) is 0 Å². The molecule has 0 saturated heterocycles. The van der Waals surface area contributed by atoms with E-state index in [0.717, 1.165) is 0 Å². The van der Waals surface area contributed by atoms with Crippen molar-refractivity contribution in [3.8, 4) is 0 Å². The maximum atomic E-state index is 2.27. The molecule has 0 spiro atoms. The minimum Gasteiger partial charge on any atom is -0.00436 e. The van der Waals surface area contributed by atoms with Gasteiger partial charge in [0.1, 0.15) is 0 Å². The quantitative estimate of drug-likeness (QED) is 0.411. The molecule has 0 aromatic heterocycles. The lowest BCUT2D eigenvalue weighted by molar-refractivity contribution is 1.84. The van der Waals surface area contributed by atoms with E-state index >= 15 is 0 Å². The standard InChI is InChI=1S/C5H12P/c1-5(2)6(3)4/h1-4H3/q+1. The molecule has 0 aromatic carbocycles. The van der Waals surface area contributed by atoms with E-state index in [2.05, 4.69) is 27.2 Å². The fourth-order valence-electron chi connectivity index (χ4n) is 0. The topological polar surface area (TPSA) is 0 Å². The summed E-state index contributed by atoms with van der Waals surface area (Å²) in [6.45, 7) is 8.91. The van der Waals surface area contributed by atoms with Crippen molar-refractivity contribution in [1.29, 1.82) is 0 Å². The Labute approximate surface area is 41.0 Å². The van der Waals surface area contributed by atoms with Crippen LogP contribution in [0.1, 0.15) is 13.8 Å². The van der Waals surface area contributed by atoms with Gasteiger partial charge in [0.25, 0.3) is 0 Å². The van der Waals surface area contributed by atoms with Crippen LogP contribution in [0.25, 0.3) is 0 Å². The van der Waals surface area contributed by atoms with Gasteiger partial charge in [0, 0.05) is 0 Å². The van der Waals surface area contributed by atoms with Crippen molar-refractivity contribution < 1.29 is 0 Å². The van der Waals surface area contributed by atoms with Crippen molar-refractivity contribution in [2.75, 3.05) is 13.3 Å². The number of rotatable bonds is 0. The molecule has 0 fully saturated rings. The lowest BCUT2D eigenvalue weighted by atomic mass is 10.6. The Morgan fingerprint density at radius 1 is 1.17 bits per heavy atom. The van der Waals surface area contributed by atoms with Crippen molar-refractivity contribution in [2.45, 2.75) is 13.8 Å². The van der Waals surface area contributed by atoms with Gasteiger partial charge >= 0.3 is 0 Å². The van der Waals surface area contributed by atoms with E-state index in [9.17, 15) is 0 Å². The van der Waals surface area contributed by atoms with E-state index in [0.29, 0.717) is 0 Å². The van der Waals surface area contributed by atoms with Crippen LogP contribution >= 0.6 is 7.55 Å². The van der Waals surface area contributed by atoms with Crippen LogP contribution in [0.4, 0.5) is 0 Å². The summed E-state index contributed by atoms with van der Waals surface area (Å²) in [5.74, 6) is 0. The average molecular weight is 103 g/mol. The third-order valence-electron chi connectivity index (χ3n) is 0.894. The predicted molar refractivity (Wildman–Crippen MR) is 35.1 cm³/mol. The van der Waals surface area contributed by atoms with Crippen LogP contribution in [0.15, 0.2) is 0 Å². The zero-order chi connectivity index (χ0) is 5.15. The largest absolute Gasteiger partial charge is 0.0956 e. The minimum atomic E-state index is 0.257. The van der Waals surface area contributed by atoms with Gasteiger partial charge in [-0.25, -0.2) is 0 Å². The number of hydrogen-bond donors (Lipinski definition) is 0. The van der Waals surface area contributed by atoms with Crippen LogP contribution in [0.5, 0.6) is 0 Å². The van der Waals surface area contributed by atoms with Crippen LogP contribution in [-0.4, -0.2) is 18.6 Å². The van der Waals surface area contributed by atoms with Gasteiger partial charge in [-0.1, -0.05) is 0 Å². The second-order valence-corrected chi connectivity index (χ2v) is 4.52. The molecule has 0 aliphatic carbocycles. The smallest absolute Gasteiger partial charge is 0.00436 e. The fraction of sp³-hybridized carbons (Fsp3) is 0.800. The highest BCUT2D eigenvalue weighted by atomic mass is 31.1. The van der Waals surface area contributed by atoms with Crippen LogP contribution in [0.2, 0.25) is 0 Å². The molecule has 0 atom stereocenters. The molecule has 0 aromatic rings. The Morgan fingerprint density at radius 2 is 1.33 bits per heavy atom. The van der Waals surface area contributed by atoms with Crippen LogP contribution in [0.3, 0.4) is 0 Å². The summed E-state index contributed by atoms with van der Waals surface area (Å²) < 4.78 is 0. The van der Waals surface area contributed by atoms with Gasteiger partial charge in [0.05, 0.1) is 26.2 Å². The minimum absolute atomic E-state index is 0.257. The van der Waals surface area contributed by atoms with E-state index < -0.39 is 0 Å². The van der Waals surface area contributed by atoms with Crippen molar-refractivity contribution in [3.63, 3.8) is 0 Å². The molecule has 0 nitrogen and oxygen atoms in total. The average Bonchev–Trinajstić information content (AvgIpc) is 1.36. The summed E-state index contributed by atoms with van der Waals surface area (Å²) in [5.41, 5.74) is 0. The monoisotopic (exact) mass is 103 g/mol. The van der Waals surface area contributed by atoms with Crippen LogP contribution < -0.4 is 0 Å². The molecule has 0 aliphatic heterocycles. The van der Waals surface area contributed by atoms with E-state index in [1.807, 2.05) is 0 Å². The van der Waals surface area contributed by atoms with Crippen LogP contribution in [-0.2, 0) is 0 Å². The fourth-order valence-corrected chi connectivity index (χ4v) is 0. The highest BCUT2D eigenvalue weighted by molar-refractivity contribution is 7.57. The Morgan fingerprint density at radius 3 is 1.33 bits per heavy atom. The van der Waals surface area contributed by atoms with E-state index in [4.69, 9.17) is 0 Å². The van der Waals surface area contributed by atoms with Gasteiger partial charge in [-0.2, -0.15) is 0 Å². The van der Waals surface area contributed by atoms with Gasteiger partial charge in [-0.15, -0.1) is 0 Å². The zero-order valence-corrected chi connectivity index (χ0v) is 5.84. The highest BCUT2D eigenvalue weighted by Crippen LogP contribution is 2.10. The molecule has 6 heavy (non-hydrogen) atoms. The van der Waals surface area contributed by atoms with Crippen molar-refractivity contribution in [3.05, 3.63) is 0 Å². The maximum Gasteiger partial charge on any atom is 0.0956 e. The SMILES string of the molecule is CC(C)=[P+](C)C. The molecular weight excluding hydrogens is 91.0 g/mol. The summed E-state index contributed by atoms with van der Waals surface area (Å²) in [6, 6.07) is 0. The van der Waals surface area contributed by atoms with Crippen molar-refractivity contribution in [1.82, 2.24) is 0 Å². The predicted octanol–water partition coefficient (Wildman–Crippen LogP) is 1.94.